The smallest absolute Gasteiger partial charge is 0.222 e. The number of phenolic OH excluding ortho intramolecular Hbond substituents is 1. The van der Waals surface area contributed by atoms with Crippen LogP contribution in [-0.4, -0.2) is 38.6 Å². The van der Waals surface area contributed by atoms with Crippen molar-refractivity contribution in [3.63, 3.8) is 0 Å². The lowest BCUT2D eigenvalue weighted by Gasteiger charge is -2.33. The lowest BCUT2D eigenvalue weighted by molar-refractivity contribution is -0.132. The summed E-state index contributed by atoms with van der Waals surface area (Å²) >= 11 is 0. The summed E-state index contributed by atoms with van der Waals surface area (Å²) in [5.74, 6) is 0.407. The van der Waals surface area contributed by atoms with Gasteiger partial charge in [0.2, 0.25) is 5.91 Å². The molecule has 2 aromatic carbocycles. The average Bonchev–Trinajstić information content (AvgIpc) is 3.19. The number of aromatic nitrogens is 2. The molecule has 156 valence electrons. The van der Waals surface area contributed by atoms with Gasteiger partial charge in [-0.2, -0.15) is 0 Å². The van der Waals surface area contributed by atoms with Crippen LogP contribution in [0.3, 0.4) is 0 Å². The van der Waals surface area contributed by atoms with Crippen LogP contribution in [0, 0.1) is 5.82 Å². The zero-order valence-corrected chi connectivity index (χ0v) is 16.9. The highest BCUT2D eigenvalue weighted by Crippen LogP contribution is 2.29. The van der Waals surface area contributed by atoms with Crippen LogP contribution in [0.4, 0.5) is 4.39 Å². The van der Waals surface area contributed by atoms with E-state index in [1.165, 1.54) is 12.1 Å². The first kappa shape index (κ1) is 20.1. The third-order valence-corrected chi connectivity index (χ3v) is 5.75. The number of carbonyl (C=O) groups excluding carboxylic acids is 1. The number of rotatable bonds is 6. The topological polar surface area (TPSA) is 58.4 Å². The van der Waals surface area contributed by atoms with E-state index in [-0.39, 0.29) is 23.4 Å². The van der Waals surface area contributed by atoms with Gasteiger partial charge >= 0.3 is 0 Å². The first-order chi connectivity index (χ1) is 14.6. The number of amides is 1. The SMILES string of the molecule is O=C(CCc1cncn1Cc1cccc(F)c1)N1CCCC(c2cccc(O)c2)C1. The summed E-state index contributed by atoms with van der Waals surface area (Å²) in [7, 11) is 0. The molecule has 1 fully saturated rings. The van der Waals surface area contributed by atoms with Crippen LogP contribution in [0.1, 0.15) is 42.0 Å². The molecule has 30 heavy (non-hydrogen) atoms. The minimum Gasteiger partial charge on any atom is -0.508 e. The zero-order valence-electron chi connectivity index (χ0n) is 16.9. The van der Waals surface area contributed by atoms with Crippen LogP contribution in [-0.2, 0) is 17.8 Å². The van der Waals surface area contributed by atoms with Crippen molar-refractivity contribution in [1.29, 1.82) is 0 Å². The molecule has 4 rings (SSSR count). The molecule has 6 heteroatoms. The molecule has 0 saturated carbocycles. The highest BCUT2D eigenvalue weighted by Gasteiger charge is 2.25. The van der Waals surface area contributed by atoms with Crippen molar-refractivity contribution >= 4 is 5.91 Å². The van der Waals surface area contributed by atoms with E-state index in [1.807, 2.05) is 27.7 Å². The highest BCUT2D eigenvalue weighted by molar-refractivity contribution is 5.76. The van der Waals surface area contributed by atoms with Crippen LogP contribution in [0.25, 0.3) is 0 Å². The Labute approximate surface area is 175 Å². The lowest BCUT2D eigenvalue weighted by Crippen LogP contribution is -2.39. The maximum absolute atomic E-state index is 13.4. The Morgan fingerprint density at radius 3 is 2.90 bits per heavy atom. The summed E-state index contributed by atoms with van der Waals surface area (Å²) in [4.78, 5) is 19.0. The predicted octanol–water partition coefficient (Wildman–Crippen LogP) is 4.11. The third kappa shape index (κ3) is 4.87. The van der Waals surface area contributed by atoms with Crippen molar-refractivity contribution in [3.05, 3.63) is 83.7 Å². The number of benzene rings is 2. The fourth-order valence-corrected chi connectivity index (χ4v) is 4.18. The Kier molecular flexibility index (Phi) is 6.12. The molecule has 0 aliphatic carbocycles. The number of aromatic hydroxyl groups is 1. The summed E-state index contributed by atoms with van der Waals surface area (Å²) in [6.45, 7) is 1.99. The van der Waals surface area contributed by atoms with Gasteiger partial charge in [-0.15, -0.1) is 0 Å². The molecule has 1 aliphatic heterocycles. The average molecular weight is 407 g/mol. The normalized spacial score (nSPS) is 16.6. The van der Waals surface area contributed by atoms with Crippen LogP contribution in [0.5, 0.6) is 5.75 Å². The maximum atomic E-state index is 13.4. The Morgan fingerprint density at radius 2 is 2.07 bits per heavy atom. The lowest BCUT2D eigenvalue weighted by atomic mass is 9.90. The van der Waals surface area contributed by atoms with Crippen LogP contribution < -0.4 is 0 Å². The predicted molar refractivity (Wildman–Crippen MR) is 113 cm³/mol. The van der Waals surface area contributed by atoms with Gasteiger partial charge in [0.1, 0.15) is 11.6 Å². The zero-order chi connectivity index (χ0) is 20.9. The van der Waals surface area contributed by atoms with Crippen molar-refractivity contribution in [2.45, 2.75) is 38.1 Å². The minimum absolute atomic E-state index is 0.137. The van der Waals surface area contributed by atoms with Crippen molar-refractivity contribution in [3.8, 4) is 5.75 Å². The van der Waals surface area contributed by atoms with Gasteiger partial charge in [-0.05, 0) is 54.7 Å². The van der Waals surface area contributed by atoms with Gasteiger partial charge in [-0.25, -0.2) is 9.37 Å². The van der Waals surface area contributed by atoms with E-state index >= 15 is 0 Å². The second-order valence-corrected chi connectivity index (χ2v) is 7.92. The van der Waals surface area contributed by atoms with Crippen molar-refractivity contribution in [2.75, 3.05) is 13.1 Å². The second-order valence-electron chi connectivity index (χ2n) is 7.92. The molecule has 0 spiro atoms. The number of hydrogen-bond donors (Lipinski definition) is 1. The maximum Gasteiger partial charge on any atom is 0.222 e. The number of phenols is 1. The summed E-state index contributed by atoms with van der Waals surface area (Å²) in [5, 5.41) is 9.75. The van der Waals surface area contributed by atoms with E-state index < -0.39 is 0 Å². The van der Waals surface area contributed by atoms with Crippen molar-refractivity contribution < 1.29 is 14.3 Å². The Hall–Kier alpha value is -3.15. The Balaban J connectivity index is 1.35. The summed E-state index contributed by atoms with van der Waals surface area (Å²) < 4.78 is 15.4. The molecule has 1 N–H and O–H groups in total. The summed E-state index contributed by atoms with van der Waals surface area (Å²) in [6.07, 6.45) is 6.50. The largest absolute Gasteiger partial charge is 0.508 e. The van der Waals surface area contributed by atoms with E-state index in [1.54, 1.807) is 30.7 Å². The van der Waals surface area contributed by atoms with Gasteiger partial charge in [0.15, 0.2) is 0 Å². The first-order valence-electron chi connectivity index (χ1n) is 10.4. The first-order valence-corrected chi connectivity index (χ1v) is 10.4. The summed E-state index contributed by atoms with van der Waals surface area (Å²) in [5.41, 5.74) is 2.92. The number of aryl methyl sites for hydroxylation is 1. The molecule has 1 unspecified atom stereocenters. The number of hydrogen-bond acceptors (Lipinski definition) is 3. The van der Waals surface area contributed by atoms with E-state index in [0.717, 1.165) is 36.2 Å². The second kappa shape index (κ2) is 9.11. The molecule has 1 amide bonds. The van der Waals surface area contributed by atoms with Gasteiger partial charge < -0.3 is 14.6 Å². The quantitative estimate of drug-likeness (QED) is 0.669. The molecule has 5 nitrogen and oxygen atoms in total. The number of imidazole rings is 1. The third-order valence-electron chi connectivity index (χ3n) is 5.75. The van der Waals surface area contributed by atoms with Gasteiger partial charge in [0.25, 0.3) is 0 Å². The van der Waals surface area contributed by atoms with Gasteiger partial charge in [0, 0.05) is 43.9 Å². The molecule has 2 heterocycles. The fraction of sp³-hybridized carbons (Fsp3) is 0.333. The number of nitrogens with zero attached hydrogens (tertiary/aromatic N) is 3. The molecule has 1 aromatic heterocycles. The van der Waals surface area contributed by atoms with Crippen molar-refractivity contribution in [2.24, 2.45) is 0 Å². The number of piperidine rings is 1. The fourth-order valence-electron chi connectivity index (χ4n) is 4.18. The minimum atomic E-state index is -0.254. The van der Waals surface area contributed by atoms with E-state index in [4.69, 9.17) is 0 Å². The van der Waals surface area contributed by atoms with Gasteiger partial charge in [-0.3, -0.25) is 4.79 Å². The molecule has 1 atom stereocenters. The number of carbonyl (C=O) groups is 1. The van der Waals surface area contributed by atoms with Gasteiger partial charge in [-0.1, -0.05) is 24.3 Å². The molecule has 0 bridgehead atoms. The molecule has 3 aromatic rings. The monoisotopic (exact) mass is 407 g/mol. The van der Waals surface area contributed by atoms with E-state index in [0.29, 0.717) is 25.9 Å². The van der Waals surface area contributed by atoms with Crippen LogP contribution in [0.15, 0.2) is 61.1 Å². The van der Waals surface area contributed by atoms with Crippen LogP contribution in [0.2, 0.25) is 0 Å². The standard InChI is InChI=1S/C24H26FN3O2/c25-21-7-1-4-18(12-21)15-28-17-26-14-22(28)9-10-24(30)27-11-3-6-20(16-27)19-5-2-8-23(29)13-19/h1-2,4-5,7-8,12-14,17,20,29H,3,6,9-11,15-16H2. The van der Waals surface area contributed by atoms with Crippen molar-refractivity contribution in [1.82, 2.24) is 14.5 Å². The number of halogens is 1. The molecular weight excluding hydrogens is 381 g/mol. The molecule has 1 aliphatic rings. The number of likely N-dealkylation sites (tertiary alicyclic amines) is 1. The molecular formula is C24H26FN3O2. The summed E-state index contributed by atoms with van der Waals surface area (Å²) in [6, 6.07) is 13.9. The molecule has 0 radical (unpaired) electrons. The van der Waals surface area contributed by atoms with Crippen LogP contribution >= 0.6 is 0 Å². The Morgan fingerprint density at radius 1 is 1.20 bits per heavy atom. The van der Waals surface area contributed by atoms with Gasteiger partial charge in [0.05, 0.1) is 6.33 Å². The Bertz CT molecular complexity index is 1020. The van der Waals surface area contributed by atoms with E-state index in [2.05, 4.69) is 4.98 Å². The highest BCUT2D eigenvalue weighted by atomic mass is 19.1. The molecule has 1 saturated heterocycles. The van der Waals surface area contributed by atoms with E-state index in [9.17, 15) is 14.3 Å².